The quantitative estimate of drug-likeness (QED) is 0.784. The van der Waals surface area contributed by atoms with Crippen LogP contribution in [0, 0.1) is 22.2 Å². The molecular weight excluding hydrogens is 210 g/mol. The Balaban J connectivity index is 1.92. The van der Waals surface area contributed by atoms with Gasteiger partial charge in [0.15, 0.2) is 0 Å². The van der Waals surface area contributed by atoms with Crippen molar-refractivity contribution >= 4 is 5.91 Å². The highest BCUT2D eigenvalue weighted by molar-refractivity contribution is 5.84. The normalized spacial score (nSPS) is 33.4. The van der Waals surface area contributed by atoms with Crippen LogP contribution in [-0.2, 0) is 4.79 Å². The van der Waals surface area contributed by atoms with E-state index < -0.39 is 0 Å². The third-order valence-electron chi connectivity index (χ3n) is 5.60. The SMILES string of the molecule is CC1(C)CCC(NC(=O)C2C(C)(C)C2(C)C)C1. The maximum atomic E-state index is 12.3. The van der Waals surface area contributed by atoms with Gasteiger partial charge in [0.2, 0.25) is 5.91 Å². The Morgan fingerprint density at radius 2 is 1.59 bits per heavy atom. The number of rotatable bonds is 2. The number of amides is 1. The highest BCUT2D eigenvalue weighted by Crippen LogP contribution is 2.68. The Bertz CT molecular complexity index is 327. The summed E-state index contributed by atoms with van der Waals surface area (Å²) in [5.41, 5.74) is 0.725. The molecule has 2 saturated carbocycles. The zero-order chi connectivity index (χ0) is 13.1. The van der Waals surface area contributed by atoms with Crippen molar-refractivity contribution in [3.05, 3.63) is 0 Å². The Labute approximate surface area is 106 Å². The van der Waals surface area contributed by atoms with Gasteiger partial charge < -0.3 is 5.32 Å². The van der Waals surface area contributed by atoms with E-state index in [1.807, 2.05) is 0 Å². The van der Waals surface area contributed by atoms with Crippen LogP contribution in [0.4, 0.5) is 0 Å². The highest BCUT2D eigenvalue weighted by atomic mass is 16.2. The second-order valence-electron chi connectivity index (χ2n) is 7.99. The molecule has 1 N–H and O–H groups in total. The molecule has 2 nitrogen and oxygen atoms in total. The Morgan fingerprint density at radius 3 is 1.94 bits per heavy atom. The van der Waals surface area contributed by atoms with Gasteiger partial charge in [-0.3, -0.25) is 4.79 Å². The van der Waals surface area contributed by atoms with E-state index in [-0.39, 0.29) is 22.7 Å². The van der Waals surface area contributed by atoms with Crippen LogP contribution in [0.3, 0.4) is 0 Å². The van der Waals surface area contributed by atoms with Crippen LogP contribution >= 0.6 is 0 Å². The fraction of sp³-hybridized carbons (Fsp3) is 0.933. The molecule has 2 heteroatoms. The summed E-state index contributed by atoms with van der Waals surface area (Å²) >= 11 is 0. The molecule has 0 heterocycles. The van der Waals surface area contributed by atoms with Crippen molar-refractivity contribution < 1.29 is 4.79 Å². The second-order valence-corrected chi connectivity index (χ2v) is 7.99. The van der Waals surface area contributed by atoms with Gasteiger partial charge in [-0.05, 0) is 35.5 Å². The van der Waals surface area contributed by atoms with Crippen molar-refractivity contribution in [2.75, 3.05) is 0 Å². The van der Waals surface area contributed by atoms with E-state index in [4.69, 9.17) is 0 Å². The number of hydrogen-bond donors (Lipinski definition) is 1. The molecule has 98 valence electrons. The van der Waals surface area contributed by atoms with E-state index >= 15 is 0 Å². The smallest absolute Gasteiger partial charge is 0.224 e. The van der Waals surface area contributed by atoms with Crippen molar-refractivity contribution in [3.63, 3.8) is 0 Å². The zero-order valence-electron chi connectivity index (χ0n) is 12.2. The maximum absolute atomic E-state index is 12.3. The van der Waals surface area contributed by atoms with Gasteiger partial charge in [-0.15, -0.1) is 0 Å². The molecule has 0 bridgehead atoms. The van der Waals surface area contributed by atoms with Gasteiger partial charge in [0.05, 0.1) is 0 Å². The Morgan fingerprint density at radius 1 is 1.06 bits per heavy atom. The van der Waals surface area contributed by atoms with Crippen molar-refractivity contribution in [1.29, 1.82) is 0 Å². The molecule has 0 radical (unpaired) electrons. The summed E-state index contributed by atoms with van der Waals surface area (Å²) in [5, 5.41) is 3.27. The first-order valence-electron chi connectivity index (χ1n) is 6.88. The fourth-order valence-corrected chi connectivity index (χ4v) is 3.70. The summed E-state index contributed by atoms with van der Waals surface area (Å²) in [6, 6.07) is 0.407. The second kappa shape index (κ2) is 3.49. The average molecular weight is 237 g/mol. The van der Waals surface area contributed by atoms with Crippen LogP contribution in [0.5, 0.6) is 0 Å². The fourth-order valence-electron chi connectivity index (χ4n) is 3.70. The molecule has 0 aromatic heterocycles. The summed E-state index contributed by atoms with van der Waals surface area (Å²) in [5.74, 6) is 0.474. The molecule has 2 fully saturated rings. The first kappa shape index (κ1) is 12.9. The molecule has 0 aromatic carbocycles. The Hall–Kier alpha value is -0.530. The van der Waals surface area contributed by atoms with Crippen LogP contribution in [0.15, 0.2) is 0 Å². The van der Waals surface area contributed by atoms with Crippen LogP contribution in [0.2, 0.25) is 0 Å². The standard InChI is InChI=1S/C15H27NO/c1-13(2)8-7-10(9-13)16-12(17)11-14(3,4)15(11,5)6/h10-11H,7-9H2,1-6H3,(H,16,17). The Kier molecular flexibility index (Phi) is 2.65. The van der Waals surface area contributed by atoms with Crippen molar-refractivity contribution in [3.8, 4) is 0 Å². The molecule has 0 aromatic rings. The molecule has 2 aliphatic rings. The zero-order valence-corrected chi connectivity index (χ0v) is 12.2. The average Bonchev–Trinajstić information content (AvgIpc) is 2.40. The number of carbonyl (C=O) groups excluding carboxylic acids is 1. The topological polar surface area (TPSA) is 29.1 Å². The first-order valence-corrected chi connectivity index (χ1v) is 6.88. The monoisotopic (exact) mass is 237 g/mol. The van der Waals surface area contributed by atoms with Gasteiger partial charge in [0.25, 0.3) is 0 Å². The third-order valence-corrected chi connectivity index (χ3v) is 5.60. The van der Waals surface area contributed by atoms with E-state index in [2.05, 4.69) is 46.9 Å². The summed E-state index contributed by atoms with van der Waals surface area (Å²) in [7, 11) is 0. The minimum Gasteiger partial charge on any atom is -0.353 e. The van der Waals surface area contributed by atoms with Crippen molar-refractivity contribution in [2.45, 2.75) is 66.8 Å². The molecule has 1 amide bonds. The minimum absolute atomic E-state index is 0.158. The van der Waals surface area contributed by atoms with Gasteiger partial charge >= 0.3 is 0 Å². The predicted octanol–water partition coefficient (Wildman–Crippen LogP) is 3.36. The number of carbonyl (C=O) groups is 1. The lowest BCUT2D eigenvalue weighted by Crippen LogP contribution is -2.36. The largest absolute Gasteiger partial charge is 0.353 e. The highest BCUT2D eigenvalue weighted by Gasteiger charge is 2.68. The summed E-state index contributed by atoms with van der Waals surface area (Å²) in [6.45, 7) is 13.4. The van der Waals surface area contributed by atoms with Crippen molar-refractivity contribution in [1.82, 2.24) is 5.32 Å². The molecule has 0 saturated heterocycles. The van der Waals surface area contributed by atoms with Crippen LogP contribution in [0.1, 0.15) is 60.8 Å². The molecular formula is C15H27NO. The van der Waals surface area contributed by atoms with Gasteiger partial charge in [0.1, 0.15) is 0 Å². The summed E-state index contributed by atoms with van der Waals surface area (Å²) in [6.07, 6.45) is 3.51. The summed E-state index contributed by atoms with van der Waals surface area (Å²) in [4.78, 5) is 12.3. The first-order chi connectivity index (χ1) is 7.58. The van der Waals surface area contributed by atoms with E-state index in [0.29, 0.717) is 11.5 Å². The van der Waals surface area contributed by atoms with Crippen LogP contribution in [0.25, 0.3) is 0 Å². The molecule has 2 aliphatic carbocycles. The van der Waals surface area contributed by atoms with Gasteiger partial charge in [-0.2, -0.15) is 0 Å². The lowest BCUT2D eigenvalue weighted by atomic mass is 9.92. The van der Waals surface area contributed by atoms with Crippen LogP contribution < -0.4 is 5.32 Å². The molecule has 17 heavy (non-hydrogen) atoms. The molecule has 1 atom stereocenters. The van der Waals surface area contributed by atoms with Crippen molar-refractivity contribution in [2.24, 2.45) is 22.2 Å². The molecule has 0 spiro atoms. The lowest BCUT2D eigenvalue weighted by Gasteiger charge is -2.18. The lowest BCUT2D eigenvalue weighted by molar-refractivity contribution is -0.124. The number of hydrogen-bond acceptors (Lipinski definition) is 1. The molecule has 2 rings (SSSR count). The minimum atomic E-state index is 0.158. The third kappa shape index (κ3) is 2.00. The van der Waals surface area contributed by atoms with E-state index in [1.54, 1.807) is 0 Å². The maximum Gasteiger partial charge on any atom is 0.224 e. The van der Waals surface area contributed by atoms with E-state index in [1.165, 1.54) is 6.42 Å². The van der Waals surface area contributed by atoms with Crippen LogP contribution in [-0.4, -0.2) is 11.9 Å². The molecule has 1 unspecified atom stereocenters. The van der Waals surface area contributed by atoms with E-state index in [0.717, 1.165) is 12.8 Å². The number of nitrogens with one attached hydrogen (secondary N) is 1. The van der Waals surface area contributed by atoms with Gasteiger partial charge in [-0.1, -0.05) is 41.5 Å². The predicted molar refractivity (Wildman–Crippen MR) is 70.6 cm³/mol. The molecule has 0 aliphatic heterocycles. The summed E-state index contributed by atoms with van der Waals surface area (Å²) < 4.78 is 0. The van der Waals surface area contributed by atoms with E-state index in [9.17, 15) is 4.79 Å². The van der Waals surface area contributed by atoms with Gasteiger partial charge in [0, 0.05) is 12.0 Å². The van der Waals surface area contributed by atoms with Gasteiger partial charge in [-0.25, -0.2) is 0 Å².